The number of amides is 2. The summed E-state index contributed by atoms with van der Waals surface area (Å²) in [5.41, 5.74) is 5.32. The fourth-order valence-electron chi connectivity index (χ4n) is 5.48. The monoisotopic (exact) mass is 624 g/mol. The van der Waals surface area contributed by atoms with E-state index in [0.717, 1.165) is 34.7 Å². The molecule has 3 N–H and O–H groups in total. The fraction of sp³-hybridized carbons (Fsp3) is 0.242. The first-order valence-electron chi connectivity index (χ1n) is 14.6. The number of aromatic nitrogens is 5. The van der Waals surface area contributed by atoms with E-state index in [1.807, 2.05) is 60.1 Å². The van der Waals surface area contributed by atoms with Crippen molar-refractivity contribution >= 4 is 34.9 Å². The zero-order valence-electron chi connectivity index (χ0n) is 24.9. The van der Waals surface area contributed by atoms with Crippen molar-refractivity contribution in [1.29, 1.82) is 0 Å². The summed E-state index contributed by atoms with van der Waals surface area (Å²) in [4.78, 5) is 37.7. The molecular formula is C33H33ClN8O3. The lowest BCUT2D eigenvalue weighted by Gasteiger charge is -2.20. The molecule has 0 bridgehead atoms. The Labute approximate surface area is 265 Å². The molecule has 1 aliphatic heterocycles. The lowest BCUT2D eigenvalue weighted by Crippen LogP contribution is -2.45. The van der Waals surface area contributed by atoms with Crippen molar-refractivity contribution in [1.82, 2.24) is 29.6 Å². The molecule has 230 valence electrons. The number of hydrogen-bond donors (Lipinski definition) is 3. The van der Waals surface area contributed by atoms with Gasteiger partial charge in [-0.3, -0.25) is 14.3 Å². The van der Waals surface area contributed by atoms with Crippen LogP contribution in [-0.2, 0) is 25.3 Å². The van der Waals surface area contributed by atoms with Gasteiger partial charge >= 0.3 is 0 Å². The fourth-order valence-corrected chi connectivity index (χ4v) is 5.67. The molecule has 2 atom stereocenters. The maximum atomic E-state index is 13.7. The highest BCUT2D eigenvalue weighted by molar-refractivity contribution is 6.31. The summed E-state index contributed by atoms with van der Waals surface area (Å²) in [5, 5.41) is 20.4. The van der Waals surface area contributed by atoms with Gasteiger partial charge in [0.1, 0.15) is 17.6 Å². The summed E-state index contributed by atoms with van der Waals surface area (Å²) in [5.74, 6) is -0.0322. The van der Waals surface area contributed by atoms with Crippen LogP contribution < -0.4 is 15.5 Å². The van der Waals surface area contributed by atoms with E-state index in [9.17, 15) is 14.7 Å². The van der Waals surface area contributed by atoms with Crippen molar-refractivity contribution < 1.29 is 14.7 Å². The smallest absolute Gasteiger partial charge is 0.270 e. The number of carbonyl (C=O) groups is 2. The Kier molecular flexibility index (Phi) is 8.63. The molecule has 5 aromatic rings. The third kappa shape index (κ3) is 6.74. The molecule has 1 unspecified atom stereocenters. The number of benzene rings is 2. The van der Waals surface area contributed by atoms with Crippen LogP contribution in [0.15, 0.2) is 85.6 Å². The molecule has 1 aliphatic rings. The number of rotatable bonds is 9. The zero-order valence-corrected chi connectivity index (χ0v) is 25.6. The predicted molar refractivity (Wildman–Crippen MR) is 173 cm³/mol. The highest BCUT2D eigenvalue weighted by Gasteiger charge is 2.25. The van der Waals surface area contributed by atoms with Crippen molar-refractivity contribution in [2.24, 2.45) is 14.1 Å². The van der Waals surface area contributed by atoms with Gasteiger partial charge in [0.2, 0.25) is 5.91 Å². The van der Waals surface area contributed by atoms with Crippen molar-refractivity contribution in [2.45, 2.75) is 25.0 Å². The normalized spacial score (nSPS) is 15.2. The van der Waals surface area contributed by atoms with Crippen LogP contribution in [-0.4, -0.2) is 66.5 Å². The number of nitrogens with zero attached hydrogens (tertiary/aromatic N) is 6. The number of nitrogens with one attached hydrogen (secondary N) is 2. The largest absolute Gasteiger partial charge is 0.391 e. The number of anilines is 2. The van der Waals surface area contributed by atoms with Crippen molar-refractivity contribution in [2.75, 3.05) is 23.3 Å². The minimum Gasteiger partial charge on any atom is -0.391 e. The molecule has 45 heavy (non-hydrogen) atoms. The number of β-amino-alcohol motifs (C(OH)–C–C–N with tert-alkyl or cyclic N) is 1. The SMILES string of the molecule is Cn1cncc1-c1ccc(NC(=O)C(Cc2cc(-c3ccnc(N4CC[C@H](O)C4)c3)ccc2Cl)NC(=O)c2ccnn2C)cc1. The van der Waals surface area contributed by atoms with Gasteiger partial charge in [-0.2, -0.15) is 5.10 Å². The number of aryl methyl sites for hydroxylation is 2. The molecule has 1 fully saturated rings. The van der Waals surface area contributed by atoms with Gasteiger partial charge < -0.3 is 25.2 Å². The Morgan fingerprint density at radius 2 is 1.80 bits per heavy atom. The maximum absolute atomic E-state index is 13.7. The van der Waals surface area contributed by atoms with Crippen LogP contribution in [0.2, 0.25) is 5.02 Å². The van der Waals surface area contributed by atoms with Gasteiger partial charge in [0.25, 0.3) is 5.91 Å². The Balaban J connectivity index is 1.25. The van der Waals surface area contributed by atoms with E-state index in [-0.39, 0.29) is 18.4 Å². The number of aliphatic hydroxyl groups excluding tert-OH is 1. The Morgan fingerprint density at radius 1 is 1.02 bits per heavy atom. The predicted octanol–water partition coefficient (Wildman–Crippen LogP) is 4.09. The van der Waals surface area contributed by atoms with E-state index in [4.69, 9.17) is 11.6 Å². The molecule has 0 aliphatic carbocycles. The molecule has 1 saturated heterocycles. The molecule has 12 heteroatoms. The van der Waals surface area contributed by atoms with Crippen LogP contribution in [0.25, 0.3) is 22.4 Å². The minimum atomic E-state index is -0.948. The lowest BCUT2D eigenvalue weighted by atomic mass is 9.99. The molecule has 4 heterocycles. The molecule has 11 nitrogen and oxygen atoms in total. The van der Waals surface area contributed by atoms with Gasteiger partial charge in [0.15, 0.2) is 0 Å². The van der Waals surface area contributed by atoms with Gasteiger partial charge in [-0.1, -0.05) is 29.8 Å². The molecule has 6 rings (SSSR count). The summed E-state index contributed by atoms with van der Waals surface area (Å²) in [7, 11) is 3.58. The van der Waals surface area contributed by atoms with Crippen molar-refractivity contribution in [3.05, 3.63) is 102 Å². The number of imidazole rings is 1. The first-order valence-corrected chi connectivity index (χ1v) is 15.0. The van der Waals surface area contributed by atoms with E-state index in [1.165, 1.54) is 10.9 Å². The van der Waals surface area contributed by atoms with E-state index < -0.39 is 11.9 Å². The van der Waals surface area contributed by atoms with Crippen LogP contribution in [0.1, 0.15) is 22.5 Å². The third-order valence-corrected chi connectivity index (χ3v) is 8.34. The molecule has 0 radical (unpaired) electrons. The third-order valence-electron chi connectivity index (χ3n) is 7.98. The van der Waals surface area contributed by atoms with Gasteiger partial charge in [-0.25, -0.2) is 9.97 Å². The van der Waals surface area contributed by atoms with Crippen molar-refractivity contribution in [3.8, 4) is 22.4 Å². The molecule has 0 saturated carbocycles. The summed E-state index contributed by atoms with van der Waals surface area (Å²) in [6.07, 6.45) is 7.27. The van der Waals surface area contributed by atoms with Crippen molar-refractivity contribution in [3.63, 3.8) is 0 Å². The zero-order chi connectivity index (χ0) is 31.5. The van der Waals surface area contributed by atoms with Crippen LogP contribution in [0, 0.1) is 0 Å². The van der Waals surface area contributed by atoms with E-state index >= 15 is 0 Å². The summed E-state index contributed by atoms with van der Waals surface area (Å²) >= 11 is 6.67. The molecule has 0 spiro atoms. The lowest BCUT2D eigenvalue weighted by molar-refractivity contribution is -0.118. The average Bonchev–Trinajstić information content (AvgIpc) is 3.79. The summed E-state index contributed by atoms with van der Waals surface area (Å²) < 4.78 is 3.37. The number of carbonyl (C=O) groups excluding carboxylic acids is 2. The molecular weight excluding hydrogens is 592 g/mol. The average molecular weight is 625 g/mol. The van der Waals surface area contributed by atoms with Gasteiger partial charge in [0.05, 0.1) is 24.3 Å². The standard InChI is InChI=1S/C33H33ClN8O3/c1-40-20-35-18-30(40)21-3-6-25(7-4-21)38-32(44)28(39-33(45)29-10-13-37-41(29)2)16-24-15-22(5-8-27(24)34)23-9-12-36-31(17-23)42-14-11-26(43)19-42/h3-10,12-13,15,17-18,20,26,28,43H,11,14,16,19H2,1-2H3,(H,38,44)(H,39,45)/t26-,28?/m0/s1. The van der Waals surface area contributed by atoms with Crippen LogP contribution in [0.5, 0.6) is 0 Å². The Morgan fingerprint density at radius 3 is 2.49 bits per heavy atom. The quantitative estimate of drug-likeness (QED) is 0.225. The second-order valence-electron chi connectivity index (χ2n) is 11.1. The van der Waals surface area contributed by atoms with E-state index in [0.29, 0.717) is 34.9 Å². The van der Waals surface area contributed by atoms with Crippen LogP contribution >= 0.6 is 11.6 Å². The number of hydrogen-bond acceptors (Lipinski definition) is 7. The highest BCUT2D eigenvalue weighted by Crippen LogP contribution is 2.29. The van der Waals surface area contributed by atoms with Crippen LogP contribution in [0.3, 0.4) is 0 Å². The number of pyridine rings is 1. The summed E-state index contributed by atoms with van der Waals surface area (Å²) in [6, 6.07) is 17.6. The topological polar surface area (TPSA) is 130 Å². The van der Waals surface area contributed by atoms with Gasteiger partial charge in [-0.15, -0.1) is 0 Å². The van der Waals surface area contributed by atoms with E-state index in [2.05, 4.69) is 30.6 Å². The second-order valence-corrected chi connectivity index (χ2v) is 11.5. The van der Waals surface area contributed by atoms with Crippen LogP contribution in [0.4, 0.5) is 11.5 Å². The maximum Gasteiger partial charge on any atom is 0.270 e. The number of aliphatic hydroxyl groups is 1. The molecule has 2 amide bonds. The van der Waals surface area contributed by atoms with E-state index in [1.54, 1.807) is 37.9 Å². The Hall–Kier alpha value is -5.00. The molecule has 2 aromatic carbocycles. The minimum absolute atomic E-state index is 0.144. The molecule has 3 aromatic heterocycles. The van der Waals surface area contributed by atoms with Gasteiger partial charge in [-0.05, 0) is 71.1 Å². The Bertz CT molecular complexity index is 1830. The first kappa shape index (κ1) is 30.0. The second kappa shape index (κ2) is 12.9. The van der Waals surface area contributed by atoms with Gasteiger partial charge in [0, 0.05) is 56.7 Å². The summed E-state index contributed by atoms with van der Waals surface area (Å²) in [6.45, 7) is 1.28. The first-order chi connectivity index (χ1) is 21.7. The number of halogens is 1. The highest BCUT2D eigenvalue weighted by atomic mass is 35.5.